The maximum absolute atomic E-state index is 12.6. The summed E-state index contributed by atoms with van der Waals surface area (Å²) in [5.74, 6) is -0.113. The number of piperazine rings is 1. The van der Waals surface area contributed by atoms with Gasteiger partial charge in [0, 0.05) is 32.2 Å². The van der Waals surface area contributed by atoms with E-state index in [1.807, 2.05) is 0 Å². The minimum Gasteiger partial charge on any atom is -0.342 e. The van der Waals surface area contributed by atoms with Crippen LogP contribution in [0.1, 0.15) is 30.6 Å². The molecule has 22 heavy (non-hydrogen) atoms. The molecule has 2 aliphatic rings. The van der Waals surface area contributed by atoms with E-state index in [9.17, 15) is 14.4 Å². The molecule has 7 heteroatoms. The van der Waals surface area contributed by atoms with Crippen LogP contribution >= 0.6 is 0 Å². The Labute approximate surface area is 128 Å². The van der Waals surface area contributed by atoms with Crippen molar-refractivity contribution >= 4 is 12.3 Å². The molecule has 3 rings (SSSR count). The van der Waals surface area contributed by atoms with E-state index in [0.717, 1.165) is 36.9 Å². The SMILES string of the molecule is CC(C(=O)N1CCN(C=O)CC1)n1nc2c(cc1=O)CCC2. The van der Waals surface area contributed by atoms with Gasteiger partial charge in [-0.2, -0.15) is 5.10 Å². The smallest absolute Gasteiger partial charge is 0.267 e. The van der Waals surface area contributed by atoms with Crippen LogP contribution in [0.15, 0.2) is 10.9 Å². The average Bonchev–Trinajstić information content (AvgIpc) is 3.00. The Bertz CT molecular complexity index is 647. The number of fused-ring (bicyclic) bond motifs is 1. The first-order valence-corrected chi connectivity index (χ1v) is 7.70. The Hall–Kier alpha value is -2.18. The van der Waals surface area contributed by atoms with E-state index in [1.54, 1.807) is 22.8 Å². The molecule has 0 radical (unpaired) electrons. The van der Waals surface area contributed by atoms with Gasteiger partial charge >= 0.3 is 0 Å². The van der Waals surface area contributed by atoms with Crippen molar-refractivity contribution in [2.75, 3.05) is 26.2 Å². The number of carbonyl (C=O) groups excluding carboxylic acids is 2. The van der Waals surface area contributed by atoms with E-state index in [-0.39, 0.29) is 11.5 Å². The number of rotatable bonds is 3. The van der Waals surface area contributed by atoms with Crippen molar-refractivity contribution in [2.24, 2.45) is 0 Å². The number of nitrogens with zero attached hydrogens (tertiary/aromatic N) is 4. The molecule has 118 valence electrons. The van der Waals surface area contributed by atoms with E-state index >= 15 is 0 Å². The summed E-state index contributed by atoms with van der Waals surface area (Å²) in [5.41, 5.74) is 1.73. The second-order valence-electron chi connectivity index (χ2n) is 5.90. The summed E-state index contributed by atoms with van der Waals surface area (Å²) in [4.78, 5) is 38.8. The van der Waals surface area contributed by atoms with Gasteiger partial charge in [-0.15, -0.1) is 0 Å². The topological polar surface area (TPSA) is 75.5 Å². The molecular weight excluding hydrogens is 284 g/mol. The van der Waals surface area contributed by atoms with Gasteiger partial charge in [-0.05, 0) is 31.7 Å². The molecule has 0 spiro atoms. The average molecular weight is 304 g/mol. The molecule has 1 aromatic rings. The normalized spacial score (nSPS) is 19.0. The zero-order valence-electron chi connectivity index (χ0n) is 12.7. The molecule has 0 bridgehead atoms. The van der Waals surface area contributed by atoms with Gasteiger partial charge in [0.1, 0.15) is 6.04 Å². The van der Waals surface area contributed by atoms with Crippen molar-refractivity contribution in [3.63, 3.8) is 0 Å². The van der Waals surface area contributed by atoms with Crippen LogP contribution in [-0.4, -0.2) is 58.1 Å². The molecule has 1 unspecified atom stereocenters. The van der Waals surface area contributed by atoms with Crippen LogP contribution in [0.2, 0.25) is 0 Å². The first-order chi connectivity index (χ1) is 10.6. The van der Waals surface area contributed by atoms with Crippen molar-refractivity contribution in [3.8, 4) is 0 Å². The van der Waals surface area contributed by atoms with Crippen LogP contribution in [0.4, 0.5) is 0 Å². The lowest BCUT2D eigenvalue weighted by Crippen LogP contribution is -2.50. The number of aryl methyl sites for hydroxylation is 2. The standard InChI is InChI=1S/C15H20N4O3/c1-11(15(22)18-7-5-17(10-20)6-8-18)19-14(21)9-12-3-2-4-13(12)16-19/h9-11H,2-8H2,1H3. The van der Waals surface area contributed by atoms with Gasteiger partial charge < -0.3 is 9.80 Å². The van der Waals surface area contributed by atoms with E-state index in [1.165, 1.54) is 4.68 Å². The number of amides is 2. The summed E-state index contributed by atoms with van der Waals surface area (Å²) in [7, 11) is 0. The highest BCUT2D eigenvalue weighted by Gasteiger charge is 2.27. The van der Waals surface area contributed by atoms with Crippen LogP contribution in [0.3, 0.4) is 0 Å². The van der Waals surface area contributed by atoms with Gasteiger partial charge in [0.05, 0.1) is 5.69 Å². The highest BCUT2D eigenvalue weighted by Crippen LogP contribution is 2.18. The predicted molar refractivity (Wildman–Crippen MR) is 79.5 cm³/mol. The molecule has 0 saturated carbocycles. The third kappa shape index (κ3) is 2.63. The summed E-state index contributed by atoms with van der Waals surface area (Å²) >= 11 is 0. The largest absolute Gasteiger partial charge is 0.342 e. The fourth-order valence-corrected chi connectivity index (χ4v) is 3.11. The summed E-state index contributed by atoms with van der Waals surface area (Å²) in [6, 6.07) is 1.00. The van der Waals surface area contributed by atoms with Crippen molar-refractivity contribution in [1.82, 2.24) is 19.6 Å². The van der Waals surface area contributed by atoms with Gasteiger partial charge in [0.2, 0.25) is 12.3 Å². The van der Waals surface area contributed by atoms with Crippen molar-refractivity contribution in [1.29, 1.82) is 0 Å². The summed E-state index contributed by atoms with van der Waals surface area (Å²) in [6.45, 7) is 3.79. The Morgan fingerprint density at radius 1 is 1.27 bits per heavy atom. The molecule has 1 aliphatic carbocycles. The Balaban J connectivity index is 1.76. The quantitative estimate of drug-likeness (QED) is 0.712. The first-order valence-electron chi connectivity index (χ1n) is 7.70. The lowest BCUT2D eigenvalue weighted by molar-refractivity contribution is -0.138. The number of hydrogen-bond donors (Lipinski definition) is 0. The molecule has 1 aromatic heterocycles. The third-order valence-corrected chi connectivity index (χ3v) is 4.48. The van der Waals surface area contributed by atoms with Crippen LogP contribution in [0.5, 0.6) is 0 Å². The van der Waals surface area contributed by atoms with Gasteiger partial charge in [-0.3, -0.25) is 14.4 Å². The second-order valence-corrected chi connectivity index (χ2v) is 5.90. The lowest BCUT2D eigenvalue weighted by atomic mass is 10.2. The van der Waals surface area contributed by atoms with E-state index in [0.29, 0.717) is 26.2 Å². The Morgan fingerprint density at radius 2 is 2.00 bits per heavy atom. The molecule has 0 aromatic carbocycles. The molecule has 1 aliphatic heterocycles. The summed E-state index contributed by atoms with van der Waals surface area (Å²) in [5, 5.41) is 4.39. The molecule has 7 nitrogen and oxygen atoms in total. The zero-order valence-corrected chi connectivity index (χ0v) is 12.7. The van der Waals surface area contributed by atoms with Crippen LogP contribution in [0.25, 0.3) is 0 Å². The van der Waals surface area contributed by atoms with Crippen LogP contribution < -0.4 is 5.56 Å². The third-order valence-electron chi connectivity index (χ3n) is 4.48. The molecular formula is C15H20N4O3. The number of aromatic nitrogens is 2. The van der Waals surface area contributed by atoms with Gasteiger partial charge in [0.25, 0.3) is 5.56 Å². The van der Waals surface area contributed by atoms with Crippen molar-refractivity contribution in [3.05, 3.63) is 27.7 Å². The highest BCUT2D eigenvalue weighted by atomic mass is 16.2. The first kappa shape index (κ1) is 14.7. The predicted octanol–water partition coefficient (Wildman–Crippen LogP) is -0.406. The van der Waals surface area contributed by atoms with Crippen LogP contribution in [0, 0.1) is 0 Å². The lowest BCUT2D eigenvalue weighted by Gasteiger charge is -2.34. The minimum absolute atomic E-state index is 0.113. The number of carbonyl (C=O) groups is 2. The molecule has 1 fully saturated rings. The fraction of sp³-hybridized carbons (Fsp3) is 0.600. The zero-order chi connectivity index (χ0) is 15.7. The van der Waals surface area contributed by atoms with Gasteiger partial charge in [-0.1, -0.05) is 0 Å². The van der Waals surface area contributed by atoms with Crippen LogP contribution in [-0.2, 0) is 22.4 Å². The Morgan fingerprint density at radius 3 is 2.68 bits per heavy atom. The van der Waals surface area contributed by atoms with E-state index < -0.39 is 6.04 Å². The van der Waals surface area contributed by atoms with Gasteiger partial charge in [-0.25, -0.2) is 4.68 Å². The maximum atomic E-state index is 12.6. The molecule has 2 heterocycles. The summed E-state index contributed by atoms with van der Waals surface area (Å²) in [6.07, 6.45) is 3.59. The second kappa shape index (κ2) is 5.90. The molecule has 1 atom stereocenters. The molecule has 1 saturated heterocycles. The van der Waals surface area contributed by atoms with E-state index in [4.69, 9.17) is 0 Å². The highest BCUT2D eigenvalue weighted by molar-refractivity contribution is 5.80. The Kier molecular flexibility index (Phi) is 3.96. The van der Waals surface area contributed by atoms with Crippen molar-refractivity contribution < 1.29 is 9.59 Å². The monoisotopic (exact) mass is 304 g/mol. The molecule has 0 N–H and O–H groups in total. The summed E-state index contributed by atoms with van der Waals surface area (Å²) < 4.78 is 1.30. The fourth-order valence-electron chi connectivity index (χ4n) is 3.11. The number of hydrogen-bond acceptors (Lipinski definition) is 4. The van der Waals surface area contributed by atoms with E-state index in [2.05, 4.69) is 5.10 Å². The molecule has 2 amide bonds. The maximum Gasteiger partial charge on any atom is 0.267 e. The minimum atomic E-state index is -0.610. The van der Waals surface area contributed by atoms with Crippen molar-refractivity contribution in [2.45, 2.75) is 32.2 Å². The van der Waals surface area contributed by atoms with Gasteiger partial charge in [0.15, 0.2) is 0 Å².